The Kier molecular flexibility index (Phi) is 6.87. The number of pyridine rings is 2. The first-order chi connectivity index (χ1) is 16.6. The molecule has 3 aromatic rings. The molecule has 1 aliphatic carbocycles. The average molecular weight is 463 g/mol. The lowest BCUT2D eigenvalue weighted by atomic mass is 9.87. The second kappa shape index (κ2) is 10.2. The molecule has 0 radical (unpaired) electrons. The van der Waals surface area contributed by atoms with Crippen molar-refractivity contribution in [2.24, 2.45) is 13.0 Å². The van der Waals surface area contributed by atoms with E-state index in [1.165, 1.54) is 25.0 Å². The van der Waals surface area contributed by atoms with Crippen LogP contribution in [0.1, 0.15) is 50.6 Å². The topological polar surface area (TPSA) is 85.2 Å². The average Bonchev–Trinajstić information content (AvgIpc) is 3.24. The fourth-order valence-corrected chi connectivity index (χ4v) is 5.26. The van der Waals surface area contributed by atoms with Crippen molar-refractivity contribution in [3.05, 3.63) is 36.4 Å². The van der Waals surface area contributed by atoms with E-state index in [0.29, 0.717) is 5.82 Å². The second-order valence-electron chi connectivity index (χ2n) is 9.65. The molecular weight excluding hydrogens is 428 g/mol. The quantitative estimate of drug-likeness (QED) is 0.592. The molecule has 8 heteroatoms. The van der Waals surface area contributed by atoms with E-state index in [9.17, 15) is 4.79 Å². The van der Waals surface area contributed by atoms with Crippen molar-refractivity contribution in [1.29, 1.82) is 0 Å². The number of fused-ring (bicyclic) bond motifs is 1. The maximum Gasteiger partial charge on any atom is 0.228 e. The smallest absolute Gasteiger partial charge is 0.228 e. The van der Waals surface area contributed by atoms with Crippen LogP contribution in [-0.2, 0) is 23.1 Å². The summed E-state index contributed by atoms with van der Waals surface area (Å²) in [4.78, 5) is 24.4. The Morgan fingerprint density at radius 1 is 1.06 bits per heavy atom. The summed E-state index contributed by atoms with van der Waals surface area (Å²) < 4.78 is 7.40. The number of nitrogens with one attached hydrogen (secondary N) is 1. The fraction of sp³-hybridized carbons (Fsp3) is 0.538. The van der Waals surface area contributed by atoms with Gasteiger partial charge in [0.25, 0.3) is 0 Å². The van der Waals surface area contributed by atoms with Crippen LogP contribution < -0.4 is 5.32 Å². The van der Waals surface area contributed by atoms with Crippen LogP contribution in [0.15, 0.2) is 30.7 Å². The van der Waals surface area contributed by atoms with Gasteiger partial charge in [0.1, 0.15) is 5.82 Å². The van der Waals surface area contributed by atoms with Crippen molar-refractivity contribution < 1.29 is 9.53 Å². The minimum atomic E-state index is 0.0149. The van der Waals surface area contributed by atoms with Crippen LogP contribution in [0.5, 0.6) is 0 Å². The minimum Gasteiger partial charge on any atom is -0.381 e. The van der Waals surface area contributed by atoms with Gasteiger partial charge in [0, 0.05) is 49.3 Å². The van der Waals surface area contributed by atoms with Crippen LogP contribution in [0, 0.1) is 5.92 Å². The van der Waals surface area contributed by atoms with Crippen molar-refractivity contribution in [3.8, 4) is 11.1 Å². The van der Waals surface area contributed by atoms with E-state index in [4.69, 9.17) is 4.74 Å². The summed E-state index contributed by atoms with van der Waals surface area (Å²) in [5, 5.41) is 8.52. The van der Waals surface area contributed by atoms with Crippen molar-refractivity contribution >= 4 is 22.6 Å². The molecule has 5 rings (SSSR count). The first kappa shape index (κ1) is 22.9. The molecular formula is C26H34N6O2. The third-order valence-corrected chi connectivity index (χ3v) is 7.39. The SMILES string of the molecule is CO[C@H]1CC[C@H](C(=O)Nc2cc3cc(-c4cnn(C)c4CN4CCCCC4)cnc3cn2)CC1. The lowest BCUT2D eigenvalue weighted by molar-refractivity contribution is -0.121. The molecule has 1 aliphatic heterocycles. The van der Waals surface area contributed by atoms with Gasteiger partial charge in [-0.1, -0.05) is 6.42 Å². The number of aryl methyl sites for hydroxylation is 1. The number of carbonyl (C=O) groups excluding carboxylic acids is 1. The van der Waals surface area contributed by atoms with Gasteiger partial charge < -0.3 is 10.1 Å². The number of hydrogen-bond acceptors (Lipinski definition) is 6. The third-order valence-electron chi connectivity index (χ3n) is 7.39. The van der Waals surface area contributed by atoms with E-state index in [-0.39, 0.29) is 17.9 Å². The third kappa shape index (κ3) is 4.98. The first-order valence-corrected chi connectivity index (χ1v) is 12.4. The molecule has 0 spiro atoms. The number of aromatic nitrogens is 4. The summed E-state index contributed by atoms with van der Waals surface area (Å²) in [5.41, 5.74) is 4.16. The monoisotopic (exact) mass is 462 g/mol. The maximum atomic E-state index is 12.8. The Hall–Kier alpha value is -2.84. The molecule has 4 heterocycles. The molecule has 0 bridgehead atoms. The highest BCUT2D eigenvalue weighted by molar-refractivity contribution is 5.94. The minimum absolute atomic E-state index is 0.0149. The van der Waals surface area contributed by atoms with Crippen LogP contribution in [0.25, 0.3) is 22.0 Å². The zero-order valence-electron chi connectivity index (χ0n) is 20.2. The summed E-state index contributed by atoms with van der Waals surface area (Å²) in [6, 6.07) is 4.05. The molecule has 0 atom stereocenters. The Labute approximate surface area is 200 Å². The molecule has 8 nitrogen and oxygen atoms in total. The van der Waals surface area contributed by atoms with Gasteiger partial charge >= 0.3 is 0 Å². The summed E-state index contributed by atoms with van der Waals surface area (Å²) in [6.45, 7) is 3.18. The number of rotatable bonds is 6. The van der Waals surface area contributed by atoms with E-state index >= 15 is 0 Å². The predicted octanol–water partition coefficient (Wildman–Crippen LogP) is 4.16. The summed E-state index contributed by atoms with van der Waals surface area (Å²) in [6.07, 6.45) is 13.2. The Bertz CT molecular complexity index is 1150. The lowest BCUT2D eigenvalue weighted by Crippen LogP contribution is -2.30. The molecule has 1 saturated carbocycles. The molecule has 2 fully saturated rings. The van der Waals surface area contributed by atoms with Gasteiger partial charge in [-0.15, -0.1) is 0 Å². The van der Waals surface area contributed by atoms with Gasteiger partial charge in [-0.05, 0) is 63.7 Å². The molecule has 2 aliphatic rings. The predicted molar refractivity (Wildman–Crippen MR) is 132 cm³/mol. The summed E-state index contributed by atoms with van der Waals surface area (Å²) in [5.74, 6) is 0.632. The van der Waals surface area contributed by atoms with Gasteiger partial charge in [-0.25, -0.2) is 4.98 Å². The van der Waals surface area contributed by atoms with Crippen LogP contribution in [0.2, 0.25) is 0 Å². The number of amides is 1. The number of carbonyl (C=O) groups is 1. The molecule has 1 amide bonds. The van der Waals surface area contributed by atoms with Crippen molar-refractivity contribution in [3.63, 3.8) is 0 Å². The highest BCUT2D eigenvalue weighted by Gasteiger charge is 2.26. The van der Waals surface area contributed by atoms with Gasteiger partial charge in [0.05, 0.1) is 29.7 Å². The molecule has 180 valence electrons. The largest absolute Gasteiger partial charge is 0.381 e. The summed E-state index contributed by atoms with van der Waals surface area (Å²) in [7, 11) is 3.75. The number of piperidine rings is 1. The van der Waals surface area contributed by atoms with E-state index < -0.39 is 0 Å². The first-order valence-electron chi connectivity index (χ1n) is 12.4. The zero-order valence-corrected chi connectivity index (χ0v) is 20.2. The zero-order chi connectivity index (χ0) is 23.5. The normalized spacial score (nSPS) is 21.6. The Morgan fingerprint density at radius 3 is 2.62 bits per heavy atom. The van der Waals surface area contributed by atoms with E-state index in [1.54, 1.807) is 13.3 Å². The van der Waals surface area contributed by atoms with E-state index in [0.717, 1.165) is 67.3 Å². The van der Waals surface area contributed by atoms with Crippen molar-refractivity contribution in [1.82, 2.24) is 24.6 Å². The Morgan fingerprint density at radius 2 is 1.85 bits per heavy atom. The summed E-state index contributed by atoms with van der Waals surface area (Å²) >= 11 is 0. The highest BCUT2D eigenvalue weighted by atomic mass is 16.5. The molecule has 1 N–H and O–H groups in total. The van der Waals surface area contributed by atoms with Gasteiger partial charge in [-0.3, -0.25) is 19.4 Å². The molecule has 1 saturated heterocycles. The van der Waals surface area contributed by atoms with Gasteiger partial charge in [0.15, 0.2) is 0 Å². The van der Waals surface area contributed by atoms with Crippen molar-refractivity contribution in [2.75, 3.05) is 25.5 Å². The molecule has 34 heavy (non-hydrogen) atoms. The van der Waals surface area contributed by atoms with Gasteiger partial charge in [-0.2, -0.15) is 5.10 Å². The van der Waals surface area contributed by atoms with E-state index in [2.05, 4.69) is 31.3 Å². The molecule has 3 aromatic heterocycles. The number of ether oxygens (including phenoxy) is 1. The van der Waals surface area contributed by atoms with Crippen LogP contribution >= 0.6 is 0 Å². The number of methoxy groups -OCH3 is 1. The molecule has 0 unspecified atom stereocenters. The van der Waals surface area contributed by atoms with Crippen LogP contribution in [0.3, 0.4) is 0 Å². The number of anilines is 1. The number of nitrogens with zero attached hydrogens (tertiary/aromatic N) is 5. The van der Waals surface area contributed by atoms with E-state index in [1.807, 2.05) is 30.2 Å². The Balaban J connectivity index is 1.34. The maximum absolute atomic E-state index is 12.8. The molecule has 0 aromatic carbocycles. The van der Waals surface area contributed by atoms with Crippen molar-refractivity contribution in [2.45, 2.75) is 57.6 Å². The van der Waals surface area contributed by atoms with Crippen LogP contribution in [-0.4, -0.2) is 56.9 Å². The number of hydrogen-bond donors (Lipinski definition) is 1. The number of likely N-dealkylation sites (tertiary alicyclic amines) is 1. The second-order valence-corrected chi connectivity index (χ2v) is 9.65. The standard InChI is InChI=1S/C26H34N6O2/c1-31-24(17-32-10-4-3-5-11-32)22(15-29-31)20-12-19-13-25(28-16-23(19)27-14-20)30-26(33)18-6-8-21(34-2)9-7-18/h12-16,18,21H,3-11,17H2,1-2H3,(H,28,30,33)/t18-,21-. The van der Waals surface area contributed by atoms with Gasteiger partial charge in [0.2, 0.25) is 5.91 Å². The fourth-order valence-electron chi connectivity index (χ4n) is 5.26. The van der Waals surface area contributed by atoms with Crippen LogP contribution in [0.4, 0.5) is 5.82 Å². The lowest BCUT2D eigenvalue weighted by Gasteiger charge is -2.26. The highest BCUT2D eigenvalue weighted by Crippen LogP contribution is 2.29.